The summed E-state index contributed by atoms with van der Waals surface area (Å²) in [5.41, 5.74) is 1.84. The van der Waals surface area contributed by atoms with Crippen LogP contribution < -0.4 is 5.32 Å². The summed E-state index contributed by atoms with van der Waals surface area (Å²) in [5, 5.41) is 4.59. The molecule has 0 unspecified atom stereocenters. The fourth-order valence-corrected chi connectivity index (χ4v) is 1.71. The molecule has 0 bridgehead atoms. The van der Waals surface area contributed by atoms with Crippen LogP contribution in [-0.2, 0) is 6.54 Å². The predicted octanol–water partition coefficient (Wildman–Crippen LogP) is 4.00. The minimum Gasteiger partial charge on any atom is -0.378 e. The first-order chi connectivity index (χ1) is 7.77. The molecule has 2 rings (SSSR count). The Labute approximate surface area is 104 Å². The summed E-state index contributed by atoms with van der Waals surface area (Å²) in [6.07, 6.45) is 3.35. The molecular formula is C12H10Cl2N2. The number of anilines is 1. The van der Waals surface area contributed by atoms with Gasteiger partial charge < -0.3 is 5.32 Å². The molecular weight excluding hydrogens is 243 g/mol. The second-order valence-electron chi connectivity index (χ2n) is 3.30. The Morgan fingerprint density at radius 2 is 1.88 bits per heavy atom. The average molecular weight is 253 g/mol. The lowest BCUT2D eigenvalue weighted by molar-refractivity contribution is 1.14. The summed E-state index contributed by atoms with van der Waals surface area (Å²) >= 11 is 12.0. The van der Waals surface area contributed by atoms with E-state index in [-0.39, 0.29) is 0 Å². The third-order valence-electron chi connectivity index (χ3n) is 2.19. The third-order valence-corrected chi connectivity index (χ3v) is 2.89. The van der Waals surface area contributed by atoms with Crippen LogP contribution in [0.5, 0.6) is 0 Å². The summed E-state index contributed by atoms with van der Waals surface area (Å²) in [6.45, 7) is 0.630. The van der Waals surface area contributed by atoms with Crippen LogP contribution in [-0.4, -0.2) is 4.98 Å². The van der Waals surface area contributed by atoms with Crippen molar-refractivity contribution in [3.05, 3.63) is 58.3 Å². The van der Waals surface area contributed by atoms with Crippen molar-refractivity contribution < 1.29 is 0 Å². The summed E-state index contributed by atoms with van der Waals surface area (Å²) in [7, 11) is 0. The maximum absolute atomic E-state index is 6.04. The van der Waals surface area contributed by atoms with Crippen LogP contribution in [0.3, 0.4) is 0 Å². The van der Waals surface area contributed by atoms with E-state index in [1.165, 1.54) is 0 Å². The zero-order chi connectivity index (χ0) is 11.4. The smallest absolute Gasteiger partial charge is 0.0718 e. The summed E-state index contributed by atoms with van der Waals surface area (Å²) < 4.78 is 0. The Morgan fingerprint density at radius 3 is 2.62 bits per heavy atom. The molecule has 2 aromatic rings. The first kappa shape index (κ1) is 11.2. The molecule has 1 aromatic heterocycles. The lowest BCUT2D eigenvalue weighted by atomic mass is 10.2. The highest BCUT2D eigenvalue weighted by Crippen LogP contribution is 2.21. The quantitative estimate of drug-likeness (QED) is 0.894. The monoisotopic (exact) mass is 252 g/mol. The molecule has 0 spiro atoms. The van der Waals surface area contributed by atoms with E-state index in [0.29, 0.717) is 11.6 Å². The standard InChI is InChI=1S/C12H10Cl2N2/c13-10-4-2-1-3-9(10)7-16-12-8-15-6-5-11(12)14/h1-6,8,16H,7H2. The molecule has 16 heavy (non-hydrogen) atoms. The van der Waals surface area contributed by atoms with Crippen LogP contribution in [0.4, 0.5) is 5.69 Å². The number of pyridine rings is 1. The number of benzene rings is 1. The normalized spacial score (nSPS) is 10.1. The van der Waals surface area contributed by atoms with E-state index in [9.17, 15) is 0 Å². The van der Waals surface area contributed by atoms with Gasteiger partial charge >= 0.3 is 0 Å². The van der Waals surface area contributed by atoms with Gasteiger partial charge in [-0.2, -0.15) is 0 Å². The molecule has 4 heteroatoms. The molecule has 0 radical (unpaired) electrons. The van der Waals surface area contributed by atoms with Crippen molar-refractivity contribution in [3.8, 4) is 0 Å². The molecule has 1 aromatic carbocycles. The number of nitrogens with one attached hydrogen (secondary N) is 1. The highest BCUT2D eigenvalue weighted by Gasteiger charge is 2.01. The highest BCUT2D eigenvalue weighted by molar-refractivity contribution is 6.33. The summed E-state index contributed by atoms with van der Waals surface area (Å²) in [6, 6.07) is 9.44. The molecule has 1 heterocycles. The van der Waals surface area contributed by atoms with Crippen molar-refractivity contribution in [3.63, 3.8) is 0 Å². The fraction of sp³-hybridized carbons (Fsp3) is 0.0833. The zero-order valence-corrected chi connectivity index (χ0v) is 9.96. The molecule has 82 valence electrons. The van der Waals surface area contributed by atoms with Gasteiger partial charge in [-0.1, -0.05) is 41.4 Å². The average Bonchev–Trinajstić information content (AvgIpc) is 2.30. The SMILES string of the molecule is Clc1ccccc1CNc1cnccc1Cl. The predicted molar refractivity (Wildman–Crippen MR) is 68.0 cm³/mol. The number of hydrogen-bond donors (Lipinski definition) is 1. The zero-order valence-electron chi connectivity index (χ0n) is 8.45. The third kappa shape index (κ3) is 2.65. The van der Waals surface area contributed by atoms with Gasteiger partial charge in [0.2, 0.25) is 0 Å². The van der Waals surface area contributed by atoms with Gasteiger partial charge in [-0.05, 0) is 17.7 Å². The number of rotatable bonds is 3. The van der Waals surface area contributed by atoms with Gasteiger partial charge in [-0.25, -0.2) is 0 Å². The maximum atomic E-state index is 6.04. The Bertz CT molecular complexity index is 440. The summed E-state index contributed by atoms with van der Waals surface area (Å²) in [5.74, 6) is 0. The van der Waals surface area contributed by atoms with E-state index in [4.69, 9.17) is 23.2 Å². The molecule has 0 aliphatic carbocycles. The molecule has 1 N–H and O–H groups in total. The molecule has 0 fully saturated rings. The number of aromatic nitrogens is 1. The van der Waals surface area contributed by atoms with Crippen LogP contribution in [0.2, 0.25) is 10.0 Å². The van der Waals surface area contributed by atoms with Gasteiger partial charge in [0.05, 0.1) is 16.9 Å². The molecule has 0 aliphatic rings. The Kier molecular flexibility index (Phi) is 3.65. The lowest BCUT2D eigenvalue weighted by Crippen LogP contribution is -2.00. The second kappa shape index (κ2) is 5.19. The first-order valence-corrected chi connectivity index (χ1v) is 5.60. The van der Waals surface area contributed by atoms with Gasteiger partial charge in [-0.15, -0.1) is 0 Å². The van der Waals surface area contributed by atoms with E-state index in [2.05, 4.69) is 10.3 Å². The minimum absolute atomic E-state index is 0.630. The van der Waals surface area contributed by atoms with E-state index < -0.39 is 0 Å². The summed E-state index contributed by atoms with van der Waals surface area (Å²) in [4.78, 5) is 4.00. The van der Waals surface area contributed by atoms with Gasteiger partial charge in [-0.3, -0.25) is 4.98 Å². The van der Waals surface area contributed by atoms with Gasteiger partial charge in [0, 0.05) is 17.8 Å². The van der Waals surface area contributed by atoms with Crippen LogP contribution >= 0.6 is 23.2 Å². The molecule has 0 aliphatic heterocycles. The largest absolute Gasteiger partial charge is 0.378 e. The molecule has 0 amide bonds. The molecule has 0 atom stereocenters. The topological polar surface area (TPSA) is 24.9 Å². The van der Waals surface area contributed by atoms with Crippen molar-refractivity contribution in [1.82, 2.24) is 4.98 Å². The molecule has 0 saturated heterocycles. The minimum atomic E-state index is 0.630. The van der Waals surface area contributed by atoms with E-state index in [1.54, 1.807) is 18.5 Å². The van der Waals surface area contributed by atoms with Gasteiger partial charge in [0.1, 0.15) is 0 Å². The van der Waals surface area contributed by atoms with E-state index in [0.717, 1.165) is 16.3 Å². The van der Waals surface area contributed by atoms with Crippen molar-refractivity contribution in [1.29, 1.82) is 0 Å². The van der Waals surface area contributed by atoms with Gasteiger partial charge in [0.15, 0.2) is 0 Å². The van der Waals surface area contributed by atoms with Crippen molar-refractivity contribution in [2.24, 2.45) is 0 Å². The van der Waals surface area contributed by atoms with Crippen molar-refractivity contribution in [2.45, 2.75) is 6.54 Å². The van der Waals surface area contributed by atoms with Gasteiger partial charge in [0.25, 0.3) is 0 Å². The van der Waals surface area contributed by atoms with Crippen molar-refractivity contribution >= 4 is 28.9 Å². The van der Waals surface area contributed by atoms with Crippen LogP contribution in [0, 0.1) is 0 Å². The first-order valence-electron chi connectivity index (χ1n) is 4.84. The van der Waals surface area contributed by atoms with E-state index in [1.807, 2.05) is 24.3 Å². The number of nitrogens with zero attached hydrogens (tertiary/aromatic N) is 1. The van der Waals surface area contributed by atoms with E-state index >= 15 is 0 Å². The Balaban J connectivity index is 2.09. The lowest BCUT2D eigenvalue weighted by Gasteiger charge is -2.08. The second-order valence-corrected chi connectivity index (χ2v) is 4.11. The maximum Gasteiger partial charge on any atom is 0.0718 e. The van der Waals surface area contributed by atoms with Crippen LogP contribution in [0.25, 0.3) is 0 Å². The van der Waals surface area contributed by atoms with Crippen LogP contribution in [0.15, 0.2) is 42.7 Å². The fourth-order valence-electron chi connectivity index (χ4n) is 1.34. The molecule has 2 nitrogen and oxygen atoms in total. The van der Waals surface area contributed by atoms with Crippen LogP contribution in [0.1, 0.15) is 5.56 Å². The number of hydrogen-bond acceptors (Lipinski definition) is 2. The highest BCUT2D eigenvalue weighted by atomic mass is 35.5. The molecule has 0 saturated carbocycles. The number of halogens is 2. The van der Waals surface area contributed by atoms with Crippen molar-refractivity contribution in [2.75, 3.05) is 5.32 Å². The Hall–Kier alpha value is -1.25. The Morgan fingerprint density at radius 1 is 1.06 bits per heavy atom.